The molecule has 1 atom stereocenters. The Morgan fingerprint density at radius 1 is 1.09 bits per heavy atom. The summed E-state index contributed by atoms with van der Waals surface area (Å²) in [5.41, 5.74) is 4.56. The van der Waals surface area contributed by atoms with E-state index in [2.05, 4.69) is 52.5 Å². The summed E-state index contributed by atoms with van der Waals surface area (Å²) >= 11 is 1.40. The second-order valence-electron chi connectivity index (χ2n) is 7.97. The molecule has 0 aliphatic carbocycles. The molecule has 32 heavy (non-hydrogen) atoms. The highest BCUT2D eigenvalue weighted by Crippen LogP contribution is 2.27. The van der Waals surface area contributed by atoms with Crippen LogP contribution in [0.5, 0.6) is 0 Å². The Morgan fingerprint density at radius 3 is 2.56 bits per heavy atom. The molecule has 3 aromatic rings. The molecule has 1 N–H and O–H groups in total. The summed E-state index contributed by atoms with van der Waals surface area (Å²) in [5.74, 6) is 1.02. The minimum absolute atomic E-state index is 0.0312. The molecule has 1 fully saturated rings. The van der Waals surface area contributed by atoms with Gasteiger partial charge in [-0.15, -0.1) is 10.2 Å². The minimum Gasteiger partial charge on any atom is -0.378 e. The van der Waals surface area contributed by atoms with Crippen molar-refractivity contribution in [2.24, 2.45) is 0 Å². The summed E-state index contributed by atoms with van der Waals surface area (Å²) in [6, 6.07) is 16.3. The van der Waals surface area contributed by atoms with Gasteiger partial charge >= 0.3 is 0 Å². The Bertz CT molecular complexity index is 1060. The summed E-state index contributed by atoms with van der Waals surface area (Å²) in [4.78, 5) is 14.9. The average molecular weight is 452 g/mol. The van der Waals surface area contributed by atoms with E-state index in [9.17, 15) is 4.79 Å². The Balaban J connectivity index is 1.47. The fraction of sp³-hybridized carbons (Fsp3) is 0.375. The third-order valence-corrected chi connectivity index (χ3v) is 6.59. The lowest BCUT2D eigenvalue weighted by molar-refractivity contribution is -0.119. The van der Waals surface area contributed by atoms with E-state index in [1.54, 1.807) is 0 Å². The van der Waals surface area contributed by atoms with Gasteiger partial charge in [-0.25, -0.2) is 0 Å². The van der Waals surface area contributed by atoms with Gasteiger partial charge in [-0.3, -0.25) is 9.36 Å². The van der Waals surface area contributed by atoms with Gasteiger partial charge in [0.2, 0.25) is 11.9 Å². The molecule has 1 aromatic heterocycles. The van der Waals surface area contributed by atoms with Crippen molar-refractivity contribution in [1.82, 2.24) is 20.1 Å². The van der Waals surface area contributed by atoms with Crippen LogP contribution in [-0.2, 0) is 9.53 Å². The molecule has 168 valence electrons. The highest BCUT2D eigenvalue weighted by molar-refractivity contribution is 7.99. The van der Waals surface area contributed by atoms with E-state index in [1.807, 2.05) is 41.8 Å². The van der Waals surface area contributed by atoms with E-state index < -0.39 is 0 Å². The van der Waals surface area contributed by atoms with Gasteiger partial charge in [0.25, 0.3) is 0 Å². The highest BCUT2D eigenvalue weighted by atomic mass is 32.2. The first-order chi connectivity index (χ1) is 15.5. The quantitative estimate of drug-likeness (QED) is 0.553. The zero-order chi connectivity index (χ0) is 22.5. The number of para-hydroxylation sites is 1. The number of hydrogen-bond acceptors (Lipinski definition) is 6. The van der Waals surface area contributed by atoms with Crippen LogP contribution in [0.25, 0.3) is 5.69 Å². The van der Waals surface area contributed by atoms with Crippen molar-refractivity contribution < 1.29 is 9.53 Å². The molecular weight excluding hydrogens is 422 g/mol. The summed E-state index contributed by atoms with van der Waals surface area (Å²) < 4.78 is 7.51. The number of hydrogen-bond donors (Lipinski definition) is 1. The van der Waals surface area contributed by atoms with Crippen molar-refractivity contribution in [2.45, 2.75) is 32.0 Å². The predicted molar refractivity (Wildman–Crippen MR) is 128 cm³/mol. The van der Waals surface area contributed by atoms with Crippen LogP contribution in [0.15, 0.2) is 53.7 Å². The Kier molecular flexibility index (Phi) is 7.12. The molecule has 0 radical (unpaired) electrons. The number of aromatic nitrogens is 3. The minimum atomic E-state index is -0.0571. The van der Waals surface area contributed by atoms with Gasteiger partial charge in [-0.2, -0.15) is 0 Å². The maximum Gasteiger partial charge on any atom is 0.232 e. The Labute approximate surface area is 193 Å². The van der Waals surface area contributed by atoms with E-state index in [1.165, 1.54) is 22.9 Å². The molecule has 1 saturated heterocycles. The fourth-order valence-electron chi connectivity index (χ4n) is 3.66. The molecule has 0 bridgehead atoms. The number of morpholine rings is 1. The van der Waals surface area contributed by atoms with Crippen LogP contribution in [0.2, 0.25) is 0 Å². The molecular formula is C24H29N5O2S. The van der Waals surface area contributed by atoms with Gasteiger partial charge in [0, 0.05) is 13.1 Å². The van der Waals surface area contributed by atoms with Crippen LogP contribution in [-0.4, -0.2) is 52.7 Å². The van der Waals surface area contributed by atoms with Crippen LogP contribution in [0, 0.1) is 13.8 Å². The largest absolute Gasteiger partial charge is 0.378 e. The summed E-state index contributed by atoms with van der Waals surface area (Å²) in [6.45, 7) is 9.06. The number of nitrogens with zero attached hydrogens (tertiary/aromatic N) is 4. The van der Waals surface area contributed by atoms with Gasteiger partial charge in [-0.1, -0.05) is 48.2 Å². The van der Waals surface area contributed by atoms with Crippen LogP contribution in [0.3, 0.4) is 0 Å². The number of thioether (sulfide) groups is 1. The van der Waals surface area contributed by atoms with Gasteiger partial charge in [0.05, 0.1) is 30.7 Å². The first-order valence-electron chi connectivity index (χ1n) is 10.9. The smallest absolute Gasteiger partial charge is 0.232 e. The van der Waals surface area contributed by atoms with Crippen molar-refractivity contribution in [3.63, 3.8) is 0 Å². The second-order valence-corrected chi connectivity index (χ2v) is 8.92. The summed E-state index contributed by atoms with van der Waals surface area (Å²) in [7, 11) is 0. The van der Waals surface area contributed by atoms with Crippen LogP contribution in [0.4, 0.5) is 5.95 Å². The SMILES string of the molecule is Cc1ccc(C(C)NC(=O)CSc2nnc(N3CCOCC3)n2-c2ccccc2)cc1C. The zero-order valence-electron chi connectivity index (χ0n) is 18.7. The van der Waals surface area contributed by atoms with E-state index in [4.69, 9.17) is 4.74 Å². The zero-order valence-corrected chi connectivity index (χ0v) is 19.6. The van der Waals surface area contributed by atoms with Crippen molar-refractivity contribution >= 4 is 23.6 Å². The average Bonchev–Trinajstić information content (AvgIpc) is 3.24. The highest BCUT2D eigenvalue weighted by Gasteiger charge is 2.22. The normalized spacial score (nSPS) is 14.9. The van der Waals surface area contributed by atoms with E-state index in [-0.39, 0.29) is 17.7 Å². The van der Waals surface area contributed by atoms with E-state index in [0.29, 0.717) is 18.4 Å². The molecule has 8 heteroatoms. The number of nitrogens with one attached hydrogen (secondary N) is 1. The summed E-state index contributed by atoms with van der Waals surface area (Å²) in [5, 5.41) is 12.7. The molecule has 2 aromatic carbocycles. The molecule has 4 rings (SSSR count). The van der Waals surface area contributed by atoms with Crippen molar-refractivity contribution in [3.05, 3.63) is 65.2 Å². The third-order valence-electron chi connectivity index (χ3n) is 5.67. The molecule has 0 spiro atoms. The monoisotopic (exact) mass is 451 g/mol. The molecule has 1 aliphatic rings. The van der Waals surface area contributed by atoms with Crippen LogP contribution >= 0.6 is 11.8 Å². The molecule has 1 aliphatic heterocycles. The number of ether oxygens (including phenoxy) is 1. The Morgan fingerprint density at radius 2 is 1.84 bits per heavy atom. The maximum atomic E-state index is 12.7. The number of anilines is 1. The Hall–Kier alpha value is -2.84. The molecule has 7 nitrogen and oxygen atoms in total. The van der Waals surface area contributed by atoms with Gasteiger partial charge in [0.1, 0.15) is 0 Å². The molecule has 2 heterocycles. The fourth-order valence-corrected chi connectivity index (χ4v) is 4.42. The van der Waals surface area contributed by atoms with Crippen molar-refractivity contribution in [2.75, 3.05) is 37.0 Å². The van der Waals surface area contributed by atoms with Crippen LogP contribution < -0.4 is 10.2 Å². The number of carbonyl (C=O) groups is 1. The van der Waals surface area contributed by atoms with Crippen LogP contribution in [0.1, 0.15) is 29.7 Å². The number of rotatable bonds is 7. The number of amides is 1. The second kappa shape index (κ2) is 10.2. The third kappa shape index (κ3) is 5.14. The lowest BCUT2D eigenvalue weighted by atomic mass is 10.0. The topological polar surface area (TPSA) is 72.3 Å². The molecule has 1 amide bonds. The lowest BCUT2D eigenvalue weighted by Gasteiger charge is -2.27. The van der Waals surface area contributed by atoms with Crippen molar-refractivity contribution in [1.29, 1.82) is 0 Å². The maximum absolute atomic E-state index is 12.7. The number of benzene rings is 2. The number of aryl methyl sites for hydroxylation is 2. The van der Waals surface area contributed by atoms with E-state index in [0.717, 1.165) is 30.3 Å². The first-order valence-corrected chi connectivity index (χ1v) is 11.8. The first kappa shape index (κ1) is 22.4. The number of carbonyl (C=O) groups excluding carboxylic acids is 1. The van der Waals surface area contributed by atoms with E-state index >= 15 is 0 Å². The lowest BCUT2D eigenvalue weighted by Crippen LogP contribution is -2.37. The van der Waals surface area contributed by atoms with Gasteiger partial charge < -0.3 is 15.0 Å². The molecule has 0 saturated carbocycles. The van der Waals surface area contributed by atoms with Gasteiger partial charge in [-0.05, 0) is 49.6 Å². The van der Waals surface area contributed by atoms with Gasteiger partial charge in [0.15, 0.2) is 5.16 Å². The molecule has 1 unspecified atom stereocenters. The standard InChI is InChI=1S/C24H29N5O2S/c1-17-9-10-20(15-18(17)2)19(3)25-22(30)16-32-24-27-26-23(28-11-13-31-14-12-28)29(24)21-7-5-4-6-8-21/h4-10,15,19H,11-14,16H2,1-3H3,(H,25,30). The van der Waals surface area contributed by atoms with Crippen molar-refractivity contribution in [3.8, 4) is 5.69 Å². The summed E-state index contributed by atoms with van der Waals surface area (Å²) in [6.07, 6.45) is 0. The predicted octanol–water partition coefficient (Wildman–Crippen LogP) is 3.69.